The van der Waals surface area contributed by atoms with Crippen LogP contribution in [0.3, 0.4) is 0 Å². The van der Waals surface area contributed by atoms with E-state index in [0.717, 1.165) is 31.8 Å². The summed E-state index contributed by atoms with van der Waals surface area (Å²) >= 11 is 0. The van der Waals surface area contributed by atoms with Gasteiger partial charge in [0.15, 0.2) is 0 Å². The summed E-state index contributed by atoms with van der Waals surface area (Å²) in [5, 5.41) is 9.29. The Morgan fingerprint density at radius 3 is 2.59 bits per heavy atom. The van der Waals surface area contributed by atoms with Gasteiger partial charge in [-0.1, -0.05) is 0 Å². The van der Waals surface area contributed by atoms with Crippen molar-refractivity contribution in [2.24, 2.45) is 11.7 Å². The molecule has 0 aromatic rings. The molecule has 1 aliphatic carbocycles. The van der Waals surface area contributed by atoms with E-state index in [0.29, 0.717) is 6.04 Å². The van der Waals surface area contributed by atoms with Crippen molar-refractivity contribution in [3.05, 3.63) is 0 Å². The molecule has 2 aliphatic rings. The van der Waals surface area contributed by atoms with Gasteiger partial charge in [-0.15, -0.1) is 0 Å². The summed E-state index contributed by atoms with van der Waals surface area (Å²) in [6.07, 6.45) is 5.54. The third-order valence-electron chi connectivity index (χ3n) is 4.50. The molecule has 2 atom stereocenters. The van der Waals surface area contributed by atoms with E-state index in [1.165, 1.54) is 25.9 Å². The number of piperidine rings is 1. The summed E-state index contributed by atoms with van der Waals surface area (Å²) in [5.41, 5.74) is 5.82. The first-order chi connectivity index (χ1) is 8.17. The van der Waals surface area contributed by atoms with Crippen molar-refractivity contribution in [2.45, 2.75) is 43.7 Å². The summed E-state index contributed by atoms with van der Waals surface area (Å²) < 4.78 is 5.22. The van der Waals surface area contributed by atoms with E-state index in [2.05, 4.69) is 4.90 Å². The second kappa shape index (κ2) is 5.65. The quantitative estimate of drug-likeness (QED) is 0.757. The van der Waals surface area contributed by atoms with Gasteiger partial charge in [0, 0.05) is 25.3 Å². The molecule has 1 saturated heterocycles. The summed E-state index contributed by atoms with van der Waals surface area (Å²) in [7, 11) is 1.79. The van der Waals surface area contributed by atoms with Crippen molar-refractivity contribution in [2.75, 3.05) is 33.4 Å². The molecule has 4 nitrogen and oxygen atoms in total. The molecule has 0 bridgehead atoms. The van der Waals surface area contributed by atoms with Crippen molar-refractivity contribution < 1.29 is 9.84 Å². The Kier molecular flexibility index (Phi) is 4.42. The highest BCUT2D eigenvalue weighted by molar-refractivity contribution is 4.97. The SMILES string of the molecule is COCC1CCN(C2CCC(N)(CO)C2)CC1. The van der Waals surface area contributed by atoms with Gasteiger partial charge in [-0.2, -0.15) is 0 Å². The average molecular weight is 242 g/mol. The Hall–Kier alpha value is -0.160. The fourth-order valence-corrected chi connectivity index (χ4v) is 3.30. The van der Waals surface area contributed by atoms with Crippen LogP contribution in [0.25, 0.3) is 0 Å². The Morgan fingerprint density at radius 1 is 1.35 bits per heavy atom. The highest BCUT2D eigenvalue weighted by Crippen LogP contribution is 2.33. The molecule has 0 aromatic heterocycles. The number of nitrogens with zero attached hydrogens (tertiary/aromatic N) is 1. The zero-order valence-electron chi connectivity index (χ0n) is 10.9. The number of likely N-dealkylation sites (tertiary alicyclic amines) is 1. The lowest BCUT2D eigenvalue weighted by Crippen LogP contribution is -2.45. The van der Waals surface area contributed by atoms with E-state index in [9.17, 15) is 5.11 Å². The van der Waals surface area contributed by atoms with E-state index in [1.54, 1.807) is 7.11 Å². The molecule has 1 heterocycles. The highest BCUT2D eigenvalue weighted by Gasteiger charge is 2.38. The third kappa shape index (κ3) is 3.19. The number of hydrogen-bond donors (Lipinski definition) is 2. The molecule has 0 amide bonds. The zero-order chi connectivity index (χ0) is 12.3. The Morgan fingerprint density at radius 2 is 2.06 bits per heavy atom. The minimum absolute atomic E-state index is 0.129. The maximum atomic E-state index is 9.29. The topological polar surface area (TPSA) is 58.7 Å². The highest BCUT2D eigenvalue weighted by atomic mass is 16.5. The second-order valence-electron chi connectivity index (χ2n) is 5.85. The van der Waals surface area contributed by atoms with Crippen LogP contribution in [0.5, 0.6) is 0 Å². The smallest absolute Gasteiger partial charge is 0.0611 e. The van der Waals surface area contributed by atoms with Crippen molar-refractivity contribution in [3.63, 3.8) is 0 Å². The largest absolute Gasteiger partial charge is 0.394 e. The molecule has 17 heavy (non-hydrogen) atoms. The van der Waals surface area contributed by atoms with E-state index in [4.69, 9.17) is 10.5 Å². The molecule has 4 heteroatoms. The first kappa shape index (κ1) is 13.3. The van der Waals surface area contributed by atoms with Crippen LogP contribution in [0.1, 0.15) is 32.1 Å². The van der Waals surface area contributed by atoms with Crippen LogP contribution >= 0.6 is 0 Å². The van der Waals surface area contributed by atoms with Gasteiger partial charge in [0.1, 0.15) is 0 Å². The summed E-state index contributed by atoms with van der Waals surface area (Å²) in [6, 6.07) is 0.593. The summed E-state index contributed by atoms with van der Waals surface area (Å²) in [4.78, 5) is 2.57. The lowest BCUT2D eigenvalue weighted by molar-refractivity contribution is 0.0775. The molecule has 1 saturated carbocycles. The van der Waals surface area contributed by atoms with Crippen LogP contribution in [0, 0.1) is 5.92 Å². The van der Waals surface area contributed by atoms with E-state index in [1.807, 2.05) is 0 Å². The second-order valence-corrected chi connectivity index (χ2v) is 5.85. The predicted octanol–water partition coefficient (Wildman–Crippen LogP) is 0.587. The van der Waals surface area contributed by atoms with Gasteiger partial charge in [-0.3, -0.25) is 0 Å². The Balaban J connectivity index is 1.78. The number of hydrogen-bond acceptors (Lipinski definition) is 4. The number of ether oxygens (including phenoxy) is 1. The molecule has 0 radical (unpaired) electrons. The first-order valence-corrected chi connectivity index (χ1v) is 6.79. The van der Waals surface area contributed by atoms with Crippen LogP contribution in [-0.2, 0) is 4.74 Å². The van der Waals surface area contributed by atoms with Gasteiger partial charge < -0.3 is 20.5 Å². The summed E-state index contributed by atoms with van der Waals surface area (Å²) in [5.74, 6) is 0.734. The van der Waals surface area contributed by atoms with E-state index in [-0.39, 0.29) is 12.1 Å². The van der Waals surface area contributed by atoms with Crippen LogP contribution in [0.2, 0.25) is 0 Å². The maximum Gasteiger partial charge on any atom is 0.0611 e. The van der Waals surface area contributed by atoms with Crippen molar-refractivity contribution >= 4 is 0 Å². The predicted molar refractivity (Wildman–Crippen MR) is 67.8 cm³/mol. The summed E-state index contributed by atoms with van der Waals surface area (Å²) in [6.45, 7) is 3.36. The van der Waals surface area contributed by atoms with Crippen LogP contribution in [0.15, 0.2) is 0 Å². The van der Waals surface area contributed by atoms with Crippen LogP contribution < -0.4 is 5.73 Å². The molecule has 2 unspecified atom stereocenters. The number of aliphatic hydroxyl groups excluding tert-OH is 1. The van der Waals surface area contributed by atoms with E-state index >= 15 is 0 Å². The number of rotatable bonds is 4. The normalized spacial score (nSPS) is 36.5. The first-order valence-electron chi connectivity index (χ1n) is 6.79. The van der Waals surface area contributed by atoms with Crippen LogP contribution in [-0.4, -0.2) is 55.0 Å². The monoisotopic (exact) mass is 242 g/mol. The lowest BCUT2D eigenvalue weighted by atomic mass is 9.95. The van der Waals surface area contributed by atoms with Crippen LogP contribution in [0.4, 0.5) is 0 Å². The Bertz CT molecular complexity index is 242. The van der Waals surface area contributed by atoms with Gasteiger partial charge in [-0.05, 0) is 51.1 Å². The van der Waals surface area contributed by atoms with Crippen molar-refractivity contribution in [1.82, 2.24) is 4.90 Å². The minimum Gasteiger partial charge on any atom is -0.394 e. The average Bonchev–Trinajstić information content (AvgIpc) is 2.74. The van der Waals surface area contributed by atoms with Gasteiger partial charge in [0.05, 0.1) is 6.61 Å². The third-order valence-corrected chi connectivity index (χ3v) is 4.50. The molecular formula is C13H26N2O2. The molecule has 3 N–H and O–H groups in total. The molecule has 2 fully saturated rings. The number of nitrogens with two attached hydrogens (primary N) is 1. The minimum atomic E-state index is -0.311. The molecule has 0 spiro atoms. The number of aliphatic hydroxyl groups is 1. The lowest BCUT2D eigenvalue weighted by Gasteiger charge is -2.36. The molecule has 1 aliphatic heterocycles. The van der Waals surface area contributed by atoms with Gasteiger partial charge in [0.2, 0.25) is 0 Å². The maximum absolute atomic E-state index is 9.29. The molecule has 2 rings (SSSR count). The van der Waals surface area contributed by atoms with Gasteiger partial charge in [0.25, 0.3) is 0 Å². The fraction of sp³-hybridized carbons (Fsp3) is 1.00. The zero-order valence-corrected chi connectivity index (χ0v) is 10.9. The molecule has 0 aromatic carbocycles. The van der Waals surface area contributed by atoms with Gasteiger partial charge >= 0.3 is 0 Å². The molecular weight excluding hydrogens is 216 g/mol. The Labute approximate surface area is 104 Å². The van der Waals surface area contributed by atoms with E-state index < -0.39 is 0 Å². The van der Waals surface area contributed by atoms with Crippen molar-refractivity contribution in [3.8, 4) is 0 Å². The van der Waals surface area contributed by atoms with Crippen molar-refractivity contribution in [1.29, 1.82) is 0 Å². The standard InChI is InChI=1S/C13H26N2O2/c1-17-9-11-3-6-15(7-4-11)12-2-5-13(14,8-12)10-16/h11-12,16H,2-10,14H2,1H3. The fourth-order valence-electron chi connectivity index (χ4n) is 3.30. The molecule has 100 valence electrons. The number of methoxy groups -OCH3 is 1. The van der Waals surface area contributed by atoms with Gasteiger partial charge in [-0.25, -0.2) is 0 Å².